The fraction of sp³-hybridized carbons (Fsp3) is 0.571. The van der Waals surface area contributed by atoms with Gasteiger partial charge in [0.15, 0.2) is 0 Å². The summed E-state index contributed by atoms with van der Waals surface area (Å²) in [5.41, 5.74) is 0.320. The molecule has 0 spiro atoms. The van der Waals surface area contributed by atoms with Crippen molar-refractivity contribution in [1.82, 2.24) is 0 Å². The van der Waals surface area contributed by atoms with Crippen LogP contribution >= 0.6 is 0 Å². The number of rotatable bonds is 7. The highest BCUT2D eigenvalue weighted by Gasteiger charge is 2.21. The lowest BCUT2D eigenvalue weighted by Gasteiger charge is -2.14. The molecule has 0 radical (unpaired) electrons. The molecule has 106 valence electrons. The molecule has 0 aliphatic heterocycles. The van der Waals surface area contributed by atoms with Gasteiger partial charge in [0, 0.05) is 19.2 Å². The Morgan fingerprint density at radius 3 is 2.79 bits per heavy atom. The third-order valence-corrected chi connectivity index (χ3v) is 3.14. The summed E-state index contributed by atoms with van der Waals surface area (Å²) in [7, 11) is 0. The molecular weight excluding hydrogens is 252 g/mol. The van der Waals surface area contributed by atoms with E-state index in [-0.39, 0.29) is 24.4 Å². The second-order valence-corrected chi connectivity index (χ2v) is 5.10. The van der Waals surface area contributed by atoms with Crippen molar-refractivity contribution in [1.29, 1.82) is 0 Å². The first-order valence-corrected chi connectivity index (χ1v) is 6.51. The Morgan fingerprint density at radius 2 is 2.11 bits per heavy atom. The van der Waals surface area contributed by atoms with Crippen molar-refractivity contribution in [3.8, 4) is 0 Å². The molecule has 1 fully saturated rings. The Hall–Kier alpha value is -1.20. The van der Waals surface area contributed by atoms with E-state index < -0.39 is 17.7 Å². The lowest BCUT2D eigenvalue weighted by atomic mass is 10.2. The number of anilines is 1. The summed E-state index contributed by atoms with van der Waals surface area (Å²) in [6.45, 7) is 2.51. The maximum atomic E-state index is 13.5. The number of benzene rings is 1. The van der Waals surface area contributed by atoms with Crippen molar-refractivity contribution in [2.45, 2.75) is 25.9 Å². The van der Waals surface area contributed by atoms with Crippen LogP contribution < -0.4 is 5.32 Å². The van der Waals surface area contributed by atoms with Crippen molar-refractivity contribution < 1.29 is 18.6 Å². The standard InChI is InChI=1S/C14H19F2NO2/c1-9-4-13(16)14(5-12(9)15)17-6-11(18)8-19-7-10-2-3-10/h4-5,10-11,17-18H,2-3,6-8H2,1H3. The third kappa shape index (κ3) is 4.44. The van der Waals surface area contributed by atoms with Crippen LogP contribution in [0, 0.1) is 24.5 Å². The summed E-state index contributed by atoms with van der Waals surface area (Å²) in [5.74, 6) is -0.350. The van der Waals surface area contributed by atoms with Gasteiger partial charge in [-0.3, -0.25) is 0 Å². The number of halogens is 2. The Bertz CT molecular complexity index is 436. The van der Waals surface area contributed by atoms with Gasteiger partial charge < -0.3 is 15.2 Å². The molecule has 0 amide bonds. The molecule has 1 unspecified atom stereocenters. The molecule has 3 nitrogen and oxygen atoms in total. The van der Waals surface area contributed by atoms with E-state index in [0.717, 1.165) is 12.1 Å². The van der Waals surface area contributed by atoms with Crippen molar-refractivity contribution >= 4 is 5.69 Å². The number of aryl methyl sites for hydroxylation is 1. The normalized spacial score (nSPS) is 16.4. The van der Waals surface area contributed by atoms with E-state index >= 15 is 0 Å². The number of aliphatic hydroxyl groups excluding tert-OH is 1. The second kappa shape index (κ2) is 6.30. The summed E-state index contributed by atoms with van der Waals surface area (Å²) in [6.07, 6.45) is 1.66. The molecule has 1 aliphatic rings. The van der Waals surface area contributed by atoms with Crippen LogP contribution in [-0.2, 0) is 4.74 Å². The monoisotopic (exact) mass is 271 g/mol. The van der Waals surface area contributed by atoms with Crippen molar-refractivity contribution in [2.24, 2.45) is 5.92 Å². The largest absolute Gasteiger partial charge is 0.389 e. The van der Waals surface area contributed by atoms with Gasteiger partial charge in [-0.15, -0.1) is 0 Å². The first kappa shape index (κ1) is 14.2. The fourth-order valence-corrected chi connectivity index (χ4v) is 1.72. The minimum atomic E-state index is -0.734. The van der Waals surface area contributed by atoms with Gasteiger partial charge in [0.2, 0.25) is 0 Å². The summed E-state index contributed by atoms with van der Waals surface area (Å²) in [5, 5.41) is 12.3. The predicted octanol–water partition coefficient (Wildman–Crippen LogP) is 2.47. The van der Waals surface area contributed by atoms with Gasteiger partial charge in [-0.05, 0) is 37.3 Å². The quantitative estimate of drug-likeness (QED) is 0.800. The van der Waals surface area contributed by atoms with Crippen molar-refractivity contribution in [2.75, 3.05) is 25.1 Å². The Morgan fingerprint density at radius 1 is 1.37 bits per heavy atom. The molecule has 2 N–H and O–H groups in total. The topological polar surface area (TPSA) is 41.5 Å². The molecule has 1 saturated carbocycles. The summed E-state index contributed by atoms with van der Waals surface area (Å²) in [6, 6.07) is 2.23. The van der Waals surface area contributed by atoms with Gasteiger partial charge in [-0.25, -0.2) is 8.78 Å². The molecular formula is C14H19F2NO2. The zero-order valence-corrected chi connectivity index (χ0v) is 11.0. The number of aliphatic hydroxyl groups is 1. The minimum Gasteiger partial charge on any atom is -0.389 e. The summed E-state index contributed by atoms with van der Waals surface area (Å²) < 4.78 is 32.1. The van der Waals surface area contributed by atoms with Crippen LogP contribution in [0.5, 0.6) is 0 Å². The lowest BCUT2D eigenvalue weighted by molar-refractivity contribution is 0.0386. The first-order chi connectivity index (χ1) is 9.06. The SMILES string of the molecule is Cc1cc(F)c(NCC(O)COCC2CC2)cc1F. The van der Waals surface area contributed by atoms with Crippen molar-refractivity contribution in [3.63, 3.8) is 0 Å². The first-order valence-electron chi connectivity index (χ1n) is 6.51. The fourth-order valence-electron chi connectivity index (χ4n) is 1.72. The van der Waals surface area contributed by atoms with E-state index in [9.17, 15) is 13.9 Å². The van der Waals surface area contributed by atoms with Gasteiger partial charge in [0.25, 0.3) is 0 Å². The van der Waals surface area contributed by atoms with Crippen LogP contribution in [0.15, 0.2) is 12.1 Å². The average molecular weight is 271 g/mol. The molecule has 5 heteroatoms. The second-order valence-electron chi connectivity index (χ2n) is 5.10. The van der Waals surface area contributed by atoms with E-state index in [2.05, 4.69) is 5.32 Å². The molecule has 1 aliphatic carbocycles. The van der Waals surface area contributed by atoms with Crippen LogP contribution in [0.4, 0.5) is 14.5 Å². The lowest BCUT2D eigenvalue weighted by Crippen LogP contribution is -2.25. The molecule has 1 atom stereocenters. The average Bonchev–Trinajstić information content (AvgIpc) is 3.16. The molecule has 1 aromatic rings. The smallest absolute Gasteiger partial charge is 0.146 e. The Labute approximate surface area is 111 Å². The molecule has 0 bridgehead atoms. The van der Waals surface area contributed by atoms with E-state index in [1.807, 2.05) is 0 Å². The molecule has 2 rings (SSSR count). The number of nitrogens with one attached hydrogen (secondary N) is 1. The zero-order chi connectivity index (χ0) is 13.8. The molecule has 0 heterocycles. The Kier molecular flexibility index (Phi) is 4.71. The number of ether oxygens (including phenoxy) is 1. The van der Waals surface area contributed by atoms with Gasteiger partial charge in [0.05, 0.1) is 18.4 Å². The zero-order valence-electron chi connectivity index (χ0n) is 11.0. The van der Waals surface area contributed by atoms with Gasteiger partial charge >= 0.3 is 0 Å². The van der Waals surface area contributed by atoms with Gasteiger partial charge in [-0.1, -0.05) is 0 Å². The van der Waals surface area contributed by atoms with Crippen LogP contribution in [-0.4, -0.2) is 31.0 Å². The molecule has 0 saturated heterocycles. The number of hydrogen-bond acceptors (Lipinski definition) is 3. The summed E-state index contributed by atoms with van der Waals surface area (Å²) in [4.78, 5) is 0. The van der Waals surface area contributed by atoms with Crippen molar-refractivity contribution in [3.05, 3.63) is 29.3 Å². The van der Waals surface area contributed by atoms with E-state index in [4.69, 9.17) is 4.74 Å². The highest BCUT2D eigenvalue weighted by Crippen LogP contribution is 2.28. The van der Waals surface area contributed by atoms with E-state index in [1.54, 1.807) is 0 Å². The number of hydrogen-bond donors (Lipinski definition) is 2. The van der Waals surface area contributed by atoms with E-state index in [0.29, 0.717) is 12.5 Å². The van der Waals surface area contributed by atoms with Crippen LogP contribution in [0.25, 0.3) is 0 Å². The maximum absolute atomic E-state index is 13.5. The summed E-state index contributed by atoms with van der Waals surface area (Å²) >= 11 is 0. The van der Waals surface area contributed by atoms with Gasteiger partial charge in [0.1, 0.15) is 11.6 Å². The Balaban J connectivity index is 1.75. The predicted molar refractivity (Wildman–Crippen MR) is 69.1 cm³/mol. The van der Waals surface area contributed by atoms with Gasteiger partial charge in [-0.2, -0.15) is 0 Å². The maximum Gasteiger partial charge on any atom is 0.146 e. The third-order valence-electron chi connectivity index (χ3n) is 3.14. The van der Waals surface area contributed by atoms with Crippen LogP contribution in [0.2, 0.25) is 0 Å². The van der Waals surface area contributed by atoms with Crippen LogP contribution in [0.3, 0.4) is 0 Å². The minimum absolute atomic E-state index is 0.0596. The highest BCUT2D eigenvalue weighted by molar-refractivity contribution is 5.46. The van der Waals surface area contributed by atoms with E-state index in [1.165, 1.54) is 19.8 Å². The van der Waals surface area contributed by atoms with Crippen LogP contribution in [0.1, 0.15) is 18.4 Å². The molecule has 0 aromatic heterocycles. The highest BCUT2D eigenvalue weighted by atomic mass is 19.1. The molecule has 1 aromatic carbocycles. The molecule has 19 heavy (non-hydrogen) atoms.